The monoisotopic (exact) mass is 407 g/mol. The first-order valence-corrected chi connectivity index (χ1v) is 9.95. The molecule has 0 saturated carbocycles. The van der Waals surface area contributed by atoms with Crippen LogP contribution in [0.5, 0.6) is 0 Å². The van der Waals surface area contributed by atoms with Crippen LogP contribution in [-0.2, 0) is 9.59 Å². The third-order valence-corrected chi connectivity index (χ3v) is 4.66. The van der Waals surface area contributed by atoms with Crippen molar-refractivity contribution in [2.75, 3.05) is 19.6 Å². The Morgan fingerprint density at radius 2 is 1.86 bits per heavy atom. The molecule has 6 heteroatoms. The second kappa shape index (κ2) is 16.0. The van der Waals surface area contributed by atoms with Crippen LogP contribution >= 0.6 is 11.6 Å². The predicted octanol–water partition coefficient (Wildman–Crippen LogP) is 4.62. The van der Waals surface area contributed by atoms with Crippen molar-refractivity contribution in [2.24, 2.45) is 10.9 Å². The Kier molecular flexibility index (Phi) is 14.9. The van der Waals surface area contributed by atoms with Gasteiger partial charge in [-0.15, -0.1) is 0 Å². The number of carbonyl (C=O) groups is 2. The van der Waals surface area contributed by atoms with E-state index in [0.29, 0.717) is 17.9 Å². The van der Waals surface area contributed by atoms with Gasteiger partial charge in [-0.05, 0) is 59.2 Å². The standard InChI is InChI=1S/C18H26ClN3O2.C4H8/c1-4-16(15(3)19)11-18(24)17-5-9-22(10-6-17)12-14(2)21-8-7-20-13-23;1-3-4-2/h4,7-8,13,17H,1,5-6,9-12H2,2-3H3,(H,20,23);3-4H,1-2H3/b8-7-,16-15-,21-14?;4-3-. The highest BCUT2D eigenvalue weighted by atomic mass is 35.5. The van der Waals surface area contributed by atoms with Gasteiger partial charge in [-0.25, -0.2) is 0 Å². The molecule has 1 saturated heterocycles. The Balaban J connectivity index is 0.00000165. The van der Waals surface area contributed by atoms with Gasteiger partial charge < -0.3 is 5.32 Å². The van der Waals surface area contributed by atoms with Crippen LogP contribution in [-0.4, -0.2) is 42.4 Å². The summed E-state index contributed by atoms with van der Waals surface area (Å²) in [4.78, 5) is 29.0. The number of ketones is 1. The molecule has 0 atom stereocenters. The maximum atomic E-state index is 12.4. The Hall–Kier alpha value is -1.98. The van der Waals surface area contributed by atoms with Crippen LogP contribution in [0.4, 0.5) is 0 Å². The molecule has 0 aromatic heterocycles. The van der Waals surface area contributed by atoms with Crippen LogP contribution in [0.2, 0.25) is 0 Å². The van der Waals surface area contributed by atoms with Gasteiger partial charge in [0.15, 0.2) is 0 Å². The molecule has 5 nitrogen and oxygen atoms in total. The fourth-order valence-electron chi connectivity index (χ4n) is 2.69. The zero-order valence-corrected chi connectivity index (χ0v) is 18.3. The van der Waals surface area contributed by atoms with Crippen LogP contribution in [0.15, 0.2) is 52.8 Å². The Bertz CT molecular complexity index is 605. The molecule has 1 rings (SSSR count). The Labute approximate surface area is 174 Å². The molecule has 1 amide bonds. The molecule has 1 heterocycles. The molecule has 0 spiro atoms. The summed E-state index contributed by atoms with van der Waals surface area (Å²) in [6, 6.07) is 0. The molecule has 1 aliphatic heterocycles. The highest BCUT2D eigenvalue weighted by Crippen LogP contribution is 2.23. The number of piperidine rings is 1. The molecule has 0 aromatic carbocycles. The fraction of sp³-hybridized carbons (Fsp3) is 0.500. The minimum Gasteiger partial charge on any atom is -0.334 e. The van der Waals surface area contributed by atoms with Crippen molar-refractivity contribution in [1.29, 1.82) is 0 Å². The first-order chi connectivity index (χ1) is 13.4. The average molecular weight is 408 g/mol. The molecule has 0 radical (unpaired) electrons. The molecule has 0 unspecified atom stereocenters. The number of amides is 1. The van der Waals surface area contributed by atoms with Gasteiger partial charge in [0.2, 0.25) is 6.41 Å². The van der Waals surface area contributed by atoms with Gasteiger partial charge in [-0.3, -0.25) is 19.5 Å². The van der Waals surface area contributed by atoms with Crippen LogP contribution in [0.3, 0.4) is 0 Å². The van der Waals surface area contributed by atoms with Crippen molar-refractivity contribution in [1.82, 2.24) is 10.2 Å². The zero-order valence-electron chi connectivity index (χ0n) is 17.6. The summed E-state index contributed by atoms with van der Waals surface area (Å²) in [6.07, 6.45) is 11.4. The SMILES string of the molecule is C/C=C\C.C=C/C(CC(=O)C1CCN(CC(C)=N/C=C\NC=O)CC1)=C(\C)Cl. The van der Waals surface area contributed by atoms with E-state index in [9.17, 15) is 9.59 Å². The number of nitrogens with one attached hydrogen (secondary N) is 1. The molecule has 0 aliphatic carbocycles. The lowest BCUT2D eigenvalue weighted by Crippen LogP contribution is -2.38. The molecule has 1 aliphatic rings. The van der Waals surface area contributed by atoms with E-state index in [-0.39, 0.29) is 11.7 Å². The average Bonchev–Trinajstić information content (AvgIpc) is 2.69. The third kappa shape index (κ3) is 11.7. The van der Waals surface area contributed by atoms with Gasteiger partial charge in [-0.1, -0.05) is 36.4 Å². The van der Waals surface area contributed by atoms with Crippen LogP contribution in [0, 0.1) is 5.92 Å². The number of rotatable bonds is 9. The quantitative estimate of drug-likeness (QED) is 0.262. The third-order valence-electron chi connectivity index (χ3n) is 4.42. The fourth-order valence-corrected chi connectivity index (χ4v) is 2.83. The van der Waals surface area contributed by atoms with Crippen LogP contribution < -0.4 is 5.32 Å². The minimum absolute atomic E-state index is 0.0983. The van der Waals surface area contributed by atoms with Crippen LogP contribution in [0.25, 0.3) is 0 Å². The summed E-state index contributed by atoms with van der Waals surface area (Å²) >= 11 is 5.97. The highest BCUT2D eigenvalue weighted by molar-refractivity contribution is 6.29. The largest absolute Gasteiger partial charge is 0.334 e. The smallest absolute Gasteiger partial charge is 0.211 e. The molecule has 0 aromatic rings. The molecule has 0 bridgehead atoms. The van der Waals surface area contributed by atoms with E-state index in [4.69, 9.17) is 11.6 Å². The first kappa shape index (κ1) is 26.0. The van der Waals surface area contributed by atoms with E-state index in [1.54, 1.807) is 19.2 Å². The van der Waals surface area contributed by atoms with Crippen molar-refractivity contribution >= 4 is 29.5 Å². The highest BCUT2D eigenvalue weighted by Gasteiger charge is 2.25. The van der Waals surface area contributed by atoms with Gasteiger partial charge in [0, 0.05) is 42.0 Å². The topological polar surface area (TPSA) is 61.8 Å². The van der Waals surface area contributed by atoms with Crippen molar-refractivity contribution in [3.63, 3.8) is 0 Å². The number of carbonyl (C=O) groups excluding carboxylic acids is 2. The predicted molar refractivity (Wildman–Crippen MR) is 119 cm³/mol. The number of likely N-dealkylation sites (tertiary alicyclic amines) is 1. The lowest BCUT2D eigenvalue weighted by molar-refractivity contribution is -0.123. The molecule has 28 heavy (non-hydrogen) atoms. The lowest BCUT2D eigenvalue weighted by Gasteiger charge is -2.31. The van der Waals surface area contributed by atoms with E-state index in [0.717, 1.165) is 43.8 Å². The molecular weight excluding hydrogens is 374 g/mol. The summed E-state index contributed by atoms with van der Waals surface area (Å²) in [5.74, 6) is 0.346. The number of hydrogen-bond donors (Lipinski definition) is 1. The van der Waals surface area contributed by atoms with Crippen LogP contribution in [0.1, 0.15) is 47.0 Å². The maximum absolute atomic E-state index is 12.4. The summed E-state index contributed by atoms with van der Waals surface area (Å²) < 4.78 is 0. The van der Waals surface area contributed by atoms with E-state index < -0.39 is 0 Å². The van der Waals surface area contributed by atoms with Gasteiger partial charge in [0.25, 0.3) is 0 Å². The summed E-state index contributed by atoms with van der Waals surface area (Å²) in [6.45, 7) is 14.0. The van der Waals surface area contributed by atoms with Gasteiger partial charge in [0.05, 0.1) is 0 Å². The van der Waals surface area contributed by atoms with E-state index in [1.165, 1.54) is 6.20 Å². The minimum atomic E-state index is 0.0983. The van der Waals surface area contributed by atoms with Crippen molar-refractivity contribution in [2.45, 2.75) is 47.0 Å². The summed E-state index contributed by atoms with van der Waals surface area (Å²) in [7, 11) is 0. The van der Waals surface area contributed by atoms with Crippen molar-refractivity contribution in [3.8, 4) is 0 Å². The molecule has 156 valence electrons. The zero-order chi connectivity index (χ0) is 21.4. The second-order valence-corrected chi connectivity index (χ2v) is 7.15. The van der Waals surface area contributed by atoms with Gasteiger partial charge in [0.1, 0.15) is 5.78 Å². The molecular formula is C22H34ClN3O2. The Morgan fingerprint density at radius 3 is 2.32 bits per heavy atom. The second-order valence-electron chi connectivity index (χ2n) is 6.59. The number of allylic oxidation sites excluding steroid dienone is 5. The Morgan fingerprint density at radius 1 is 1.25 bits per heavy atom. The normalized spacial score (nSPS) is 17.1. The van der Waals surface area contributed by atoms with E-state index in [1.807, 2.05) is 32.9 Å². The van der Waals surface area contributed by atoms with Gasteiger partial charge >= 0.3 is 0 Å². The van der Waals surface area contributed by atoms with Crippen molar-refractivity contribution in [3.05, 3.63) is 47.8 Å². The lowest BCUT2D eigenvalue weighted by atomic mass is 9.89. The van der Waals surface area contributed by atoms with E-state index >= 15 is 0 Å². The number of nitrogens with zero attached hydrogens (tertiary/aromatic N) is 2. The number of halogens is 1. The molecule has 1 fully saturated rings. The summed E-state index contributed by atoms with van der Waals surface area (Å²) in [5.41, 5.74) is 1.79. The molecule has 1 N–H and O–H groups in total. The number of Topliss-reactive ketones (excluding diaryl/α,β-unsaturated/α-hetero) is 1. The van der Waals surface area contributed by atoms with Crippen molar-refractivity contribution < 1.29 is 9.59 Å². The number of hydrogen-bond acceptors (Lipinski definition) is 4. The van der Waals surface area contributed by atoms with E-state index in [2.05, 4.69) is 21.8 Å². The summed E-state index contributed by atoms with van der Waals surface area (Å²) in [5, 5.41) is 3.05. The number of aliphatic imine (C=N–C) groups is 1. The first-order valence-electron chi connectivity index (χ1n) is 9.57. The van der Waals surface area contributed by atoms with Gasteiger partial charge in [-0.2, -0.15) is 0 Å². The maximum Gasteiger partial charge on any atom is 0.211 e.